The Morgan fingerprint density at radius 3 is 2.88 bits per heavy atom. The molecule has 1 rings (SSSR count). The molecule has 1 aliphatic heterocycles. The maximum atomic E-state index is 11.4. The third kappa shape index (κ3) is 4.16. The summed E-state index contributed by atoms with van der Waals surface area (Å²) < 4.78 is 10.4. The van der Waals surface area contributed by atoms with Crippen molar-refractivity contribution in [1.82, 2.24) is 5.32 Å². The molecule has 0 radical (unpaired) electrons. The molecule has 6 heteroatoms. The van der Waals surface area contributed by atoms with Crippen molar-refractivity contribution in [3.63, 3.8) is 0 Å². The van der Waals surface area contributed by atoms with Gasteiger partial charge in [0, 0.05) is 20.1 Å². The number of amides is 1. The lowest BCUT2D eigenvalue weighted by Gasteiger charge is -2.30. The quantitative estimate of drug-likeness (QED) is 0.682. The van der Waals surface area contributed by atoms with E-state index < -0.39 is 5.97 Å². The van der Waals surface area contributed by atoms with E-state index in [-0.39, 0.29) is 30.9 Å². The van der Waals surface area contributed by atoms with Crippen LogP contribution in [0.4, 0.5) is 0 Å². The molecule has 0 saturated carbocycles. The SMILES string of the molecule is CO[C@@H]1CCOC[C@H]1NC(=O)CCC(=O)O. The van der Waals surface area contributed by atoms with Gasteiger partial charge in [0.25, 0.3) is 0 Å². The average Bonchev–Trinajstić information content (AvgIpc) is 2.27. The highest BCUT2D eigenvalue weighted by atomic mass is 16.5. The van der Waals surface area contributed by atoms with Crippen LogP contribution in [0.25, 0.3) is 0 Å². The Bertz CT molecular complexity index is 256. The van der Waals surface area contributed by atoms with Gasteiger partial charge in [0.05, 0.1) is 25.2 Å². The van der Waals surface area contributed by atoms with Gasteiger partial charge in [0.1, 0.15) is 0 Å². The maximum absolute atomic E-state index is 11.4. The van der Waals surface area contributed by atoms with E-state index in [9.17, 15) is 9.59 Å². The van der Waals surface area contributed by atoms with Crippen molar-refractivity contribution in [3.05, 3.63) is 0 Å². The molecule has 1 saturated heterocycles. The van der Waals surface area contributed by atoms with E-state index in [0.717, 1.165) is 6.42 Å². The Morgan fingerprint density at radius 2 is 2.25 bits per heavy atom. The third-order valence-electron chi connectivity index (χ3n) is 2.51. The number of ether oxygens (including phenoxy) is 2. The van der Waals surface area contributed by atoms with Crippen LogP contribution in [-0.4, -0.2) is 49.5 Å². The van der Waals surface area contributed by atoms with Gasteiger partial charge in [-0.2, -0.15) is 0 Å². The molecule has 0 unspecified atom stereocenters. The van der Waals surface area contributed by atoms with Crippen molar-refractivity contribution in [2.75, 3.05) is 20.3 Å². The number of nitrogens with one attached hydrogen (secondary N) is 1. The predicted octanol–water partition coefficient (Wildman–Crippen LogP) is -0.229. The van der Waals surface area contributed by atoms with Gasteiger partial charge < -0.3 is 19.9 Å². The second-order valence-electron chi connectivity index (χ2n) is 3.71. The Kier molecular flexibility index (Phi) is 5.21. The van der Waals surface area contributed by atoms with Crippen LogP contribution in [0.5, 0.6) is 0 Å². The van der Waals surface area contributed by atoms with Gasteiger partial charge in [-0.05, 0) is 6.42 Å². The summed E-state index contributed by atoms with van der Waals surface area (Å²) >= 11 is 0. The smallest absolute Gasteiger partial charge is 0.303 e. The fourth-order valence-electron chi connectivity index (χ4n) is 1.63. The molecule has 2 N–H and O–H groups in total. The minimum Gasteiger partial charge on any atom is -0.481 e. The molecule has 1 amide bonds. The summed E-state index contributed by atoms with van der Waals surface area (Å²) in [7, 11) is 1.59. The minimum absolute atomic E-state index is 0.0116. The van der Waals surface area contributed by atoms with Crippen LogP contribution in [0, 0.1) is 0 Å². The van der Waals surface area contributed by atoms with E-state index in [1.165, 1.54) is 0 Å². The highest BCUT2D eigenvalue weighted by molar-refractivity contribution is 5.80. The number of carboxylic acid groups (broad SMARTS) is 1. The molecule has 0 aromatic rings. The summed E-state index contributed by atoms with van der Waals surface area (Å²) in [6.45, 7) is 1.04. The van der Waals surface area contributed by atoms with E-state index in [0.29, 0.717) is 13.2 Å². The maximum Gasteiger partial charge on any atom is 0.303 e. The number of carboxylic acids is 1. The molecule has 16 heavy (non-hydrogen) atoms. The first kappa shape index (κ1) is 12.9. The monoisotopic (exact) mass is 231 g/mol. The van der Waals surface area contributed by atoms with E-state index in [4.69, 9.17) is 14.6 Å². The zero-order chi connectivity index (χ0) is 12.0. The molecule has 0 aliphatic carbocycles. The Hall–Kier alpha value is -1.14. The number of carbonyl (C=O) groups is 2. The second kappa shape index (κ2) is 6.44. The normalized spacial score (nSPS) is 25.1. The Morgan fingerprint density at radius 1 is 1.50 bits per heavy atom. The Labute approximate surface area is 93.9 Å². The zero-order valence-electron chi connectivity index (χ0n) is 9.27. The van der Waals surface area contributed by atoms with Gasteiger partial charge in [0.15, 0.2) is 0 Å². The van der Waals surface area contributed by atoms with Crippen molar-refractivity contribution < 1.29 is 24.2 Å². The van der Waals surface area contributed by atoms with Crippen LogP contribution in [-0.2, 0) is 19.1 Å². The lowest BCUT2D eigenvalue weighted by Crippen LogP contribution is -2.50. The fraction of sp³-hybridized carbons (Fsp3) is 0.800. The van der Waals surface area contributed by atoms with Crippen molar-refractivity contribution >= 4 is 11.9 Å². The molecule has 0 aromatic heterocycles. The summed E-state index contributed by atoms with van der Waals surface area (Å²) in [4.78, 5) is 21.7. The van der Waals surface area contributed by atoms with Gasteiger partial charge in [-0.15, -0.1) is 0 Å². The summed E-state index contributed by atoms with van der Waals surface area (Å²) in [5, 5.41) is 11.2. The van der Waals surface area contributed by atoms with Crippen molar-refractivity contribution in [2.24, 2.45) is 0 Å². The van der Waals surface area contributed by atoms with Crippen LogP contribution in [0.3, 0.4) is 0 Å². The fourth-order valence-corrected chi connectivity index (χ4v) is 1.63. The molecule has 92 valence electrons. The molecule has 6 nitrogen and oxygen atoms in total. The summed E-state index contributed by atoms with van der Waals surface area (Å²) in [6, 6.07) is -0.181. The van der Waals surface area contributed by atoms with E-state index in [2.05, 4.69) is 5.32 Å². The van der Waals surface area contributed by atoms with Gasteiger partial charge in [0.2, 0.25) is 5.91 Å². The van der Waals surface area contributed by atoms with Crippen molar-refractivity contribution in [2.45, 2.75) is 31.4 Å². The van der Waals surface area contributed by atoms with E-state index in [1.807, 2.05) is 0 Å². The number of hydrogen-bond acceptors (Lipinski definition) is 4. The lowest BCUT2D eigenvalue weighted by atomic mass is 10.1. The molecule has 0 spiro atoms. The van der Waals surface area contributed by atoms with E-state index >= 15 is 0 Å². The summed E-state index contributed by atoms with van der Waals surface area (Å²) in [5.41, 5.74) is 0. The predicted molar refractivity (Wildman–Crippen MR) is 55.0 cm³/mol. The first-order valence-corrected chi connectivity index (χ1v) is 5.25. The lowest BCUT2D eigenvalue weighted by molar-refractivity contribution is -0.139. The number of carbonyl (C=O) groups excluding carboxylic acids is 1. The van der Waals surface area contributed by atoms with Crippen LogP contribution in [0.1, 0.15) is 19.3 Å². The highest BCUT2D eigenvalue weighted by Crippen LogP contribution is 2.11. The number of rotatable bonds is 5. The van der Waals surface area contributed by atoms with Crippen LogP contribution >= 0.6 is 0 Å². The molecule has 2 atom stereocenters. The summed E-state index contributed by atoms with van der Waals surface area (Å²) in [5.74, 6) is -1.25. The van der Waals surface area contributed by atoms with Gasteiger partial charge in [-0.3, -0.25) is 9.59 Å². The van der Waals surface area contributed by atoms with Gasteiger partial charge in [-0.25, -0.2) is 0 Å². The molecule has 0 bridgehead atoms. The number of methoxy groups -OCH3 is 1. The minimum atomic E-state index is -0.974. The zero-order valence-corrected chi connectivity index (χ0v) is 9.27. The molecular formula is C10H17NO5. The first-order chi connectivity index (χ1) is 7.63. The molecule has 1 heterocycles. The third-order valence-corrected chi connectivity index (χ3v) is 2.51. The van der Waals surface area contributed by atoms with Crippen molar-refractivity contribution in [1.29, 1.82) is 0 Å². The van der Waals surface area contributed by atoms with Gasteiger partial charge in [-0.1, -0.05) is 0 Å². The largest absolute Gasteiger partial charge is 0.481 e. The van der Waals surface area contributed by atoms with Crippen LogP contribution in [0.2, 0.25) is 0 Å². The van der Waals surface area contributed by atoms with Crippen molar-refractivity contribution in [3.8, 4) is 0 Å². The summed E-state index contributed by atoms with van der Waals surface area (Å²) in [6.07, 6.45) is 0.516. The average molecular weight is 231 g/mol. The highest BCUT2D eigenvalue weighted by Gasteiger charge is 2.26. The van der Waals surface area contributed by atoms with Gasteiger partial charge >= 0.3 is 5.97 Å². The molecular weight excluding hydrogens is 214 g/mol. The number of aliphatic carboxylic acids is 1. The second-order valence-corrected chi connectivity index (χ2v) is 3.71. The Balaban J connectivity index is 2.33. The van der Waals surface area contributed by atoms with Crippen LogP contribution < -0.4 is 5.32 Å². The molecule has 1 aliphatic rings. The number of hydrogen-bond donors (Lipinski definition) is 2. The standard InChI is InChI=1S/C10H17NO5/c1-15-8-4-5-16-6-7(8)11-9(12)2-3-10(13)14/h7-8H,2-6H2,1H3,(H,11,12)(H,13,14)/t7-,8-/m1/s1. The molecule has 1 fully saturated rings. The molecule has 0 aromatic carbocycles. The van der Waals surface area contributed by atoms with E-state index in [1.54, 1.807) is 7.11 Å². The first-order valence-electron chi connectivity index (χ1n) is 5.25. The topological polar surface area (TPSA) is 84.9 Å². The van der Waals surface area contributed by atoms with Crippen LogP contribution in [0.15, 0.2) is 0 Å².